The van der Waals surface area contributed by atoms with Crippen LogP contribution in [0.3, 0.4) is 0 Å². The zero-order valence-electron chi connectivity index (χ0n) is 18.5. The normalized spacial score (nSPS) is 11.0. The molecule has 4 rings (SSSR count). The van der Waals surface area contributed by atoms with Gasteiger partial charge < -0.3 is 0 Å². The molecule has 0 atom stereocenters. The lowest BCUT2D eigenvalue weighted by atomic mass is 10.2. The Kier molecular flexibility index (Phi) is 7.54. The number of carbonyl (C=O) groups excluding carboxylic acids is 1. The summed E-state index contributed by atoms with van der Waals surface area (Å²) in [6.07, 6.45) is 1.24. The molecule has 0 spiro atoms. The van der Waals surface area contributed by atoms with Crippen molar-refractivity contribution >= 4 is 41.2 Å². The molecule has 0 fully saturated rings. The summed E-state index contributed by atoms with van der Waals surface area (Å²) in [4.78, 5) is 23.0. The summed E-state index contributed by atoms with van der Waals surface area (Å²) in [6, 6.07) is 21.3. The molecular formula is C24H19ClN6O3S. The monoisotopic (exact) mass is 506 g/mol. The van der Waals surface area contributed by atoms with Crippen molar-refractivity contribution in [1.82, 2.24) is 20.2 Å². The Morgan fingerprint density at radius 1 is 1.11 bits per heavy atom. The second kappa shape index (κ2) is 10.9. The first kappa shape index (κ1) is 24.1. The van der Waals surface area contributed by atoms with Gasteiger partial charge >= 0.3 is 0 Å². The molecule has 0 aliphatic carbocycles. The van der Waals surface area contributed by atoms with Crippen LogP contribution in [0.5, 0.6) is 0 Å². The maximum atomic E-state index is 12.4. The molecule has 0 bridgehead atoms. The molecule has 1 heterocycles. The smallest absolute Gasteiger partial charge is 0.272 e. The van der Waals surface area contributed by atoms with Gasteiger partial charge in [-0.3, -0.25) is 19.5 Å². The molecule has 3 aromatic carbocycles. The molecule has 0 aliphatic heterocycles. The molecule has 0 saturated heterocycles. The number of nitro groups is 1. The second-order valence-corrected chi connectivity index (χ2v) is 8.76. The third kappa shape index (κ3) is 5.92. The molecule has 9 nitrogen and oxygen atoms in total. The number of aromatic nitrogens is 3. The topological polar surface area (TPSA) is 115 Å². The van der Waals surface area contributed by atoms with Gasteiger partial charge in [0, 0.05) is 22.3 Å². The number of hydrogen-bond acceptors (Lipinski definition) is 7. The maximum Gasteiger partial charge on any atom is 0.278 e. The van der Waals surface area contributed by atoms with E-state index in [0.717, 1.165) is 16.8 Å². The highest BCUT2D eigenvalue weighted by Crippen LogP contribution is 2.29. The van der Waals surface area contributed by atoms with Crippen molar-refractivity contribution in [3.05, 3.63) is 99.1 Å². The number of halogens is 1. The molecule has 0 saturated carbocycles. The van der Waals surface area contributed by atoms with Gasteiger partial charge in [-0.25, -0.2) is 5.43 Å². The zero-order chi connectivity index (χ0) is 24.8. The molecule has 0 radical (unpaired) electrons. The predicted molar refractivity (Wildman–Crippen MR) is 136 cm³/mol. The van der Waals surface area contributed by atoms with Gasteiger partial charge in [-0.2, -0.15) is 5.10 Å². The lowest BCUT2D eigenvalue weighted by Crippen LogP contribution is -2.20. The van der Waals surface area contributed by atoms with Gasteiger partial charge in [0.25, 0.3) is 11.6 Å². The van der Waals surface area contributed by atoms with Gasteiger partial charge in [-0.1, -0.05) is 53.2 Å². The first-order valence-corrected chi connectivity index (χ1v) is 11.8. The van der Waals surface area contributed by atoms with Gasteiger partial charge in [0.2, 0.25) is 0 Å². The number of aryl methyl sites for hydroxylation is 1. The lowest BCUT2D eigenvalue weighted by molar-refractivity contribution is -0.385. The quantitative estimate of drug-likeness (QED) is 0.155. The summed E-state index contributed by atoms with van der Waals surface area (Å²) in [5.41, 5.74) is 5.37. The van der Waals surface area contributed by atoms with Gasteiger partial charge in [0.1, 0.15) is 0 Å². The third-order valence-corrected chi connectivity index (χ3v) is 6.07. The van der Waals surface area contributed by atoms with Crippen molar-refractivity contribution in [2.75, 3.05) is 5.75 Å². The SMILES string of the molecule is Cc1ccc(-n2c(SCC(=O)N/N=C/c3ccccc3[N+](=O)[O-])nnc2-c2ccc(Cl)cc2)cc1. The van der Waals surface area contributed by atoms with E-state index in [9.17, 15) is 14.9 Å². The highest BCUT2D eigenvalue weighted by molar-refractivity contribution is 7.99. The number of thioether (sulfide) groups is 1. The van der Waals surface area contributed by atoms with E-state index in [1.807, 2.05) is 47.9 Å². The molecule has 1 N–H and O–H groups in total. The van der Waals surface area contributed by atoms with Crippen LogP contribution in [0.2, 0.25) is 5.02 Å². The first-order valence-electron chi connectivity index (χ1n) is 10.4. The Bertz CT molecular complexity index is 1390. The van der Waals surface area contributed by atoms with Crippen molar-refractivity contribution in [1.29, 1.82) is 0 Å². The fourth-order valence-electron chi connectivity index (χ4n) is 3.18. The van der Waals surface area contributed by atoms with Crippen molar-refractivity contribution < 1.29 is 9.72 Å². The Morgan fingerprint density at radius 2 is 1.83 bits per heavy atom. The van der Waals surface area contributed by atoms with Crippen LogP contribution in [0.4, 0.5) is 5.69 Å². The van der Waals surface area contributed by atoms with E-state index in [1.165, 1.54) is 24.0 Å². The molecule has 35 heavy (non-hydrogen) atoms. The van der Waals surface area contributed by atoms with Crippen molar-refractivity contribution in [2.45, 2.75) is 12.1 Å². The molecule has 0 unspecified atom stereocenters. The lowest BCUT2D eigenvalue weighted by Gasteiger charge is -2.10. The maximum absolute atomic E-state index is 12.4. The molecule has 1 amide bonds. The standard InChI is InChI=1S/C24H19ClN6O3S/c1-16-6-12-20(13-7-16)30-23(17-8-10-19(25)11-9-17)28-29-24(30)35-15-22(32)27-26-14-18-4-2-3-5-21(18)31(33)34/h2-14H,15H2,1H3,(H,27,32)/b26-14+. The number of nitro benzene ring substituents is 1. The highest BCUT2D eigenvalue weighted by Gasteiger charge is 2.17. The van der Waals surface area contributed by atoms with Crippen molar-refractivity contribution in [3.63, 3.8) is 0 Å². The molecule has 1 aromatic heterocycles. The van der Waals surface area contributed by atoms with E-state index in [1.54, 1.807) is 30.3 Å². The fourth-order valence-corrected chi connectivity index (χ4v) is 4.05. The van der Waals surface area contributed by atoms with E-state index in [0.29, 0.717) is 16.0 Å². The minimum atomic E-state index is -0.505. The number of benzene rings is 3. The van der Waals surface area contributed by atoms with E-state index in [4.69, 9.17) is 11.6 Å². The van der Waals surface area contributed by atoms with E-state index in [-0.39, 0.29) is 17.0 Å². The van der Waals surface area contributed by atoms with Gasteiger partial charge in [-0.05, 0) is 49.4 Å². The second-order valence-electron chi connectivity index (χ2n) is 7.38. The van der Waals surface area contributed by atoms with E-state index in [2.05, 4.69) is 20.7 Å². The van der Waals surface area contributed by atoms with Crippen molar-refractivity contribution in [2.24, 2.45) is 5.10 Å². The zero-order valence-corrected chi connectivity index (χ0v) is 20.0. The Morgan fingerprint density at radius 3 is 2.54 bits per heavy atom. The largest absolute Gasteiger partial charge is 0.278 e. The van der Waals surface area contributed by atoms with E-state index >= 15 is 0 Å². The summed E-state index contributed by atoms with van der Waals surface area (Å²) in [6.45, 7) is 2.00. The van der Waals surface area contributed by atoms with Crippen molar-refractivity contribution in [3.8, 4) is 17.1 Å². The molecule has 11 heteroatoms. The van der Waals surface area contributed by atoms with Crippen LogP contribution in [-0.4, -0.2) is 37.6 Å². The number of hydrogen-bond donors (Lipinski definition) is 1. The Labute approximate surface area is 210 Å². The summed E-state index contributed by atoms with van der Waals surface area (Å²) in [7, 11) is 0. The number of para-hydroxylation sites is 1. The van der Waals surface area contributed by atoms with Gasteiger partial charge in [0.05, 0.1) is 22.5 Å². The van der Waals surface area contributed by atoms with E-state index < -0.39 is 10.8 Å². The Balaban J connectivity index is 1.51. The molecule has 4 aromatic rings. The van der Waals surface area contributed by atoms with Crippen LogP contribution >= 0.6 is 23.4 Å². The van der Waals surface area contributed by atoms with Gasteiger partial charge in [-0.15, -0.1) is 10.2 Å². The predicted octanol–water partition coefficient (Wildman–Crippen LogP) is 5.05. The van der Waals surface area contributed by atoms with Crippen LogP contribution in [0.15, 0.2) is 83.1 Å². The van der Waals surface area contributed by atoms with Crippen LogP contribution < -0.4 is 5.43 Å². The summed E-state index contributed by atoms with van der Waals surface area (Å²) in [5.74, 6) is 0.234. The molecule has 176 valence electrons. The molecule has 0 aliphatic rings. The van der Waals surface area contributed by atoms with Crippen LogP contribution in [-0.2, 0) is 4.79 Å². The third-order valence-electron chi connectivity index (χ3n) is 4.89. The highest BCUT2D eigenvalue weighted by atomic mass is 35.5. The minimum Gasteiger partial charge on any atom is -0.272 e. The number of carbonyl (C=O) groups is 1. The first-order chi connectivity index (χ1) is 16.9. The van der Waals surface area contributed by atoms with Crippen LogP contribution in [0.25, 0.3) is 17.1 Å². The number of rotatable bonds is 8. The molecular weight excluding hydrogens is 488 g/mol. The fraction of sp³-hybridized carbons (Fsp3) is 0.0833. The summed E-state index contributed by atoms with van der Waals surface area (Å²) < 4.78 is 1.87. The number of amides is 1. The number of nitrogens with one attached hydrogen (secondary N) is 1. The Hall–Kier alpha value is -4.02. The average molecular weight is 507 g/mol. The van der Waals surface area contributed by atoms with Crippen LogP contribution in [0.1, 0.15) is 11.1 Å². The number of hydrazone groups is 1. The van der Waals surface area contributed by atoms with Crippen LogP contribution in [0, 0.1) is 17.0 Å². The summed E-state index contributed by atoms with van der Waals surface area (Å²) >= 11 is 7.23. The number of nitrogens with zero attached hydrogens (tertiary/aromatic N) is 5. The minimum absolute atomic E-state index is 0.0127. The average Bonchev–Trinajstić information content (AvgIpc) is 3.28. The summed E-state index contributed by atoms with van der Waals surface area (Å²) in [5, 5.41) is 24.7. The van der Waals surface area contributed by atoms with Gasteiger partial charge in [0.15, 0.2) is 11.0 Å².